The van der Waals surface area contributed by atoms with Gasteiger partial charge in [0.05, 0.1) is 0 Å². The molecule has 0 amide bonds. The first-order valence-electron chi connectivity index (χ1n) is 8.06. The molecule has 0 spiro atoms. The van der Waals surface area contributed by atoms with Crippen LogP contribution in [0.15, 0.2) is 85.6 Å². The Morgan fingerprint density at radius 3 is 1.91 bits per heavy atom. The fourth-order valence-electron chi connectivity index (χ4n) is 1.79. The van der Waals surface area contributed by atoms with Crippen molar-refractivity contribution in [2.45, 2.75) is 40.0 Å². The summed E-state index contributed by atoms with van der Waals surface area (Å²) in [6.45, 7) is 26.5. The largest absolute Gasteiger partial charge is 0.0985 e. The topological polar surface area (TPSA) is 0 Å². The summed E-state index contributed by atoms with van der Waals surface area (Å²) in [5, 5.41) is 0. The Labute approximate surface area is 138 Å². The zero-order chi connectivity index (χ0) is 17.1. The van der Waals surface area contributed by atoms with Crippen LogP contribution in [-0.4, -0.2) is 0 Å². The third kappa shape index (κ3) is 8.46. The van der Waals surface area contributed by atoms with Crippen LogP contribution in [0.5, 0.6) is 0 Å². The van der Waals surface area contributed by atoms with Gasteiger partial charge in [0.1, 0.15) is 0 Å². The summed E-state index contributed by atoms with van der Waals surface area (Å²) in [7, 11) is 0. The molecule has 0 fully saturated rings. The molecule has 22 heavy (non-hydrogen) atoms. The molecule has 120 valence electrons. The van der Waals surface area contributed by atoms with E-state index in [1.54, 1.807) is 6.08 Å². The highest BCUT2D eigenvalue weighted by Crippen LogP contribution is 2.21. The van der Waals surface area contributed by atoms with Crippen LogP contribution in [0.25, 0.3) is 0 Å². The maximum atomic E-state index is 4.17. The van der Waals surface area contributed by atoms with E-state index in [0.717, 1.165) is 28.2 Å². The fraction of sp³-hybridized carbons (Fsp3) is 0.364. The first-order valence-corrected chi connectivity index (χ1v) is 8.06. The van der Waals surface area contributed by atoms with Crippen LogP contribution < -0.4 is 0 Å². The Hall–Kier alpha value is -1.82. The molecule has 0 aromatic carbocycles. The first kappa shape index (κ1) is 20.2. The van der Waals surface area contributed by atoms with Crippen molar-refractivity contribution in [3.8, 4) is 0 Å². The number of hydrogen-bond acceptors (Lipinski definition) is 0. The molecule has 0 aromatic rings. The molecule has 0 aliphatic rings. The molecule has 0 rings (SSSR count). The SMILES string of the molecule is C=CC(=C)/C=C\C(=C)C(=C)/C=C\C(=C)C(C)CCC(C)CC. The molecule has 0 saturated heterocycles. The Balaban J connectivity index is 4.44. The predicted molar refractivity (Wildman–Crippen MR) is 103 cm³/mol. The minimum Gasteiger partial charge on any atom is -0.0985 e. The number of hydrogen-bond donors (Lipinski definition) is 0. The second-order valence-corrected chi connectivity index (χ2v) is 6.06. The van der Waals surface area contributed by atoms with Crippen LogP contribution in [0.4, 0.5) is 0 Å². The summed E-state index contributed by atoms with van der Waals surface area (Å²) >= 11 is 0. The number of allylic oxidation sites excluding steroid dienone is 9. The lowest BCUT2D eigenvalue weighted by molar-refractivity contribution is 0.454. The van der Waals surface area contributed by atoms with E-state index < -0.39 is 0 Å². The third-order valence-corrected chi connectivity index (χ3v) is 4.09. The van der Waals surface area contributed by atoms with Gasteiger partial charge < -0.3 is 0 Å². The van der Waals surface area contributed by atoms with Gasteiger partial charge in [-0.3, -0.25) is 0 Å². The summed E-state index contributed by atoms with van der Waals surface area (Å²) < 4.78 is 0. The lowest BCUT2D eigenvalue weighted by Gasteiger charge is -2.14. The summed E-state index contributed by atoms with van der Waals surface area (Å²) in [6, 6.07) is 0. The van der Waals surface area contributed by atoms with Gasteiger partial charge in [-0.05, 0) is 35.0 Å². The van der Waals surface area contributed by atoms with Crippen molar-refractivity contribution in [1.82, 2.24) is 0 Å². The molecular weight excluding hydrogens is 264 g/mol. The fourth-order valence-corrected chi connectivity index (χ4v) is 1.79. The minimum atomic E-state index is 0.502. The monoisotopic (exact) mass is 296 g/mol. The van der Waals surface area contributed by atoms with Crippen LogP contribution in [0.1, 0.15) is 40.0 Å². The maximum Gasteiger partial charge on any atom is -0.0196 e. The van der Waals surface area contributed by atoms with E-state index in [4.69, 9.17) is 0 Å². The summed E-state index contributed by atoms with van der Waals surface area (Å²) in [5.41, 5.74) is 3.78. The lowest BCUT2D eigenvalue weighted by Crippen LogP contribution is -2.00. The quantitative estimate of drug-likeness (QED) is 0.361. The highest BCUT2D eigenvalue weighted by atomic mass is 14.1. The molecule has 0 aliphatic carbocycles. The van der Waals surface area contributed by atoms with Gasteiger partial charge in [-0.2, -0.15) is 0 Å². The lowest BCUT2D eigenvalue weighted by atomic mass is 9.91. The van der Waals surface area contributed by atoms with Crippen molar-refractivity contribution < 1.29 is 0 Å². The molecular formula is C22H32. The molecule has 0 nitrogen and oxygen atoms in total. The van der Waals surface area contributed by atoms with E-state index in [1.165, 1.54) is 19.3 Å². The van der Waals surface area contributed by atoms with Gasteiger partial charge in [-0.1, -0.05) is 102 Å². The highest BCUT2D eigenvalue weighted by molar-refractivity contribution is 5.46. The Bertz CT molecular complexity index is 482. The van der Waals surface area contributed by atoms with Crippen molar-refractivity contribution in [2.75, 3.05) is 0 Å². The Kier molecular flexibility index (Phi) is 9.95. The summed E-state index contributed by atoms with van der Waals surface area (Å²) in [6.07, 6.45) is 13.2. The van der Waals surface area contributed by atoms with Crippen molar-refractivity contribution in [3.63, 3.8) is 0 Å². The van der Waals surface area contributed by atoms with Crippen LogP contribution >= 0.6 is 0 Å². The van der Waals surface area contributed by atoms with E-state index >= 15 is 0 Å². The standard InChI is InChI=1S/C22H32/c1-9-17(3)11-13-19(5)21(7)15-16-22(8)20(6)14-12-18(4)10-2/h9,11,13,15-16,18,20H,1,3,5,7-8,10,12,14H2,2,4,6H3/b13-11-,16-15-. The molecule has 0 N–H and O–H groups in total. The van der Waals surface area contributed by atoms with Gasteiger partial charge in [0.25, 0.3) is 0 Å². The van der Waals surface area contributed by atoms with Crippen molar-refractivity contribution in [3.05, 3.63) is 85.6 Å². The minimum absolute atomic E-state index is 0.502. The molecule has 0 heterocycles. The molecule has 0 bridgehead atoms. The predicted octanol–water partition coefficient (Wildman–Crippen LogP) is 6.97. The maximum absolute atomic E-state index is 4.17. The molecule has 2 atom stereocenters. The molecule has 0 aromatic heterocycles. The van der Waals surface area contributed by atoms with Gasteiger partial charge in [0, 0.05) is 0 Å². The van der Waals surface area contributed by atoms with Gasteiger partial charge in [0.15, 0.2) is 0 Å². The molecule has 2 unspecified atom stereocenters. The molecule has 0 saturated carbocycles. The smallest absolute Gasteiger partial charge is 0.0196 e. The molecule has 0 heteroatoms. The Morgan fingerprint density at radius 1 is 0.864 bits per heavy atom. The highest BCUT2D eigenvalue weighted by Gasteiger charge is 2.07. The van der Waals surface area contributed by atoms with E-state index in [2.05, 4.69) is 59.7 Å². The van der Waals surface area contributed by atoms with Crippen LogP contribution in [0.3, 0.4) is 0 Å². The van der Waals surface area contributed by atoms with Crippen LogP contribution in [0, 0.1) is 11.8 Å². The number of rotatable bonds is 11. The third-order valence-electron chi connectivity index (χ3n) is 4.09. The van der Waals surface area contributed by atoms with Gasteiger partial charge in [0.2, 0.25) is 0 Å². The Morgan fingerprint density at radius 2 is 1.41 bits per heavy atom. The van der Waals surface area contributed by atoms with Gasteiger partial charge >= 0.3 is 0 Å². The zero-order valence-corrected chi connectivity index (χ0v) is 14.7. The van der Waals surface area contributed by atoms with Crippen LogP contribution in [-0.2, 0) is 0 Å². The summed E-state index contributed by atoms with van der Waals surface area (Å²) in [4.78, 5) is 0. The average Bonchev–Trinajstić information content (AvgIpc) is 2.53. The zero-order valence-electron chi connectivity index (χ0n) is 14.7. The summed E-state index contributed by atoms with van der Waals surface area (Å²) in [5.74, 6) is 1.29. The van der Waals surface area contributed by atoms with E-state index in [-0.39, 0.29) is 0 Å². The van der Waals surface area contributed by atoms with Crippen LogP contribution in [0.2, 0.25) is 0 Å². The van der Waals surface area contributed by atoms with E-state index in [0.29, 0.717) is 5.92 Å². The van der Waals surface area contributed by atoms with E-state index in [1.807, 2.05) is 18.2 Å². The van der Waals surface area contributed by atoms with Gasteiger partial charge in [-0.25, -0.2) is 0 Å². The van der Waals surface area contributed by atoms with E-state index in [9.17, 15) is 0 Å². The van der Waals surface area contributed by atoms with Crippen molar-refractivity contribution in [1.29, 1.82) is 0 Å². The van der Waals surface area contributed by atoms with Crippen molar-refractivity contribution >= 4 is 0 Å². The molecule has 0 radical (unpaired) electrons. The molecule has 0 aliphatic heterocycles. The second-order valence-electron chi connectivity index (χ2n) is 6.06. The first-order chi connectivity index (χ1) is 10.3. The second kappa shape index (κ2) is 10.8. The average molecular weight is 296 g/mol. The normalized spacial score (nSPS) is 14.0. The van der Waals surface area contributed by atoms with Crippen molar-refractivity contribution in [2.24, 2.45) is 11.8 Å². The van der Waals surface area contributed by atoms with Gasteiger partial charge in [-0.15, -0.1) is 0 Å².